The summed E-state index contributed by atoms with van der Waals surface area (Å²) in [5.41, 5.74) is 10.1. The topological polar surface area (TPSA) is 150 Å². The fourth-order valence-electron chi connectivity index (χ4n) is 2.81. The van der Waals surface area contributed by atoms with Gasteiger partial charge >= 0.3 is 13.1 Å². The lowest BCUT2D eigenvalue weighted by molar-refractivity contribution is -0.154. The van der Waals surface area contributed by atoms with Crippen molar-refractivity contribution in [3.05, 3.63) is 0 Å². The molecule has 1 aliphatic heterocycles. The van der Waals surface area contributed by atoms with Gasteiger partial charge in [-0.25, -0.2) is 0 Å². The Morgan fingerprint density at radius 1 is 1.48 bits per heavy atom. The molecule has 7 N–H and O–H groups in total. The lowest BCUT2D eigenvalue weighted by Crippen LogP contribution is -2.69. The number of likely N-dealkylation sites (tertiary alicyclic amines) is 1. The molecular formula is C12H24BN3O5. The summed E-state index contributed by atoms with van der Waals surface area (Å²) in [5, 5.41) is 27.3. The zero-order valence-corrected chi connectivity index (χ0v) is 12.4. The van der Waals surface area contributed by atoms with Crippen molar-refractivity contribution in [3.8, 4) is 0 Å². The number of hydrogen-bond acceptors (Lipinski definition) is 6. The van der Waals surface area contributed by atoms with Gasteiger partial charge < -0.3 is 31.5 Å². The first kappa shape index (κ1) is 17.9. The fraction of sp³-hybridized carbons (Fsp3) is 0.833. The van der Waals surface area contributed by atoms with E-state index >= 15 is 0 Å². The van der Waals surface area contributed by atoms with Crippen molar-refractivity contribution in [3.63, 3.8) is 0 Å². The molecule has 1 fully saturated rings. The molecule has 9 heteroatoms. The zero-order valence-electron chi connectivity index (χ0n) is 12.4. The van der Waals surface area contributed by atoms with E-state index in [-0.39, 0.29) is 24.6 Å². The lowest BCUT2D eigenvalue weighted by atomic mass is 9.72. The van der Waals surface area contributed by atoms with Gasteiger partial charge in [-0.05, 0) is 32.5 Å². The Morgan fingerprint density at radius 2 is 2.05 bits per heavy atom. The van der Waals surface area contributed by atoms with Gasteiger partial charge in [0.05, 0.1) is 12.1 Å². The molecule has 1 aliphatic rings. The van der Waals surface area contributed by atoms with Crippen LogP contribution in [0.4, 0.5) is 0 Å². The number of carboxylic acids is 1. The molecule has 4 atom stereocenters. The van der Waals surface area contributed by atoms with Crippen molar-refractivity contribution in [1.82, 2.24) is 4.90 Å². The maximum atomic E-state index is 12.2. The highest BCUT2D eigenvalue weighted by Crippen LogP contribution is 2.32. The Balaban J connectivity index is 2.97. The van der Waals surface area contributed by atoms with Crippen LogP contribution in [0.5, 0.6) is 0 Å². The third kappa shape index (κ3) is 3.94. The molecule has 0 aliphatic carbocycles. The van der Waals surface area contributed by atoms with Gasteiger partial charge in [0.25, 0.3) is 0 Å². The van der Waals surface area contributed by atoms with Crippen LogP contribution in [0, 0.1) is 5.92 Å². The van der Waals surface area contributed by atoms with Crippen molar-refractivity contribution < 1.29 is 24.7 Å². The summed E-state index contributed by atoms with van der Waals surface area (Å²) < 4.78 is 0. The number of carbonyl (C=O) groups excluding carboxylic acids is 1. The molecule has 0 aromatic heterocycles. The molecule has 1 rings (SSSR count). The van der Waals surface area contributed by atoms with Gasteiger partial charge in [0.2, 0.25) is 5.91 Å². The van der Waals surface area contributed by atoms with Crippen LogP contribution in [0.1, 0.15) is 26.7 Å². The van der Waals surface area contributed by atoms with Crippen LogP contribution >= 0.6 is 0 Å². The minimum Gasteiger partial charge on any atom is -0.480 e. The molecule has 0 bridgehead atoms. The first-order chi connectivity index (χ1) is 9.59. The highest BCUT2D eigenvalue weighted by Gasteiger charge is 2.50. The summed E-state index contributed by atoms with van der Waals surface area (Å²) in [4.78, 5) is 25.1. The van der Waals surface area contributed by atoms with Gasteiger partial charge in [-0.3, -0.25) is 9.59 Å². The normalized spacial score (nSPS) is 30.9. The summed E-state index contributed by atoms with van der Waals surface area (Å²) in [6.45, 7) is 3.46. The second-order valence-electron chi connectivity index (χ2n) is 5.93. The number of carboxylic acid groups (broad SMARTS) is 1. The van der Waals surface area contributed by atoms with Crippen molar-refractivity contribution in [2.45, 2.75) is 50.6 Å². The zero-order chi connectivity index (χ0) is 16.4. The number of nitrogens with two attached hydrogens (primary N) is 2. The molecule has 21 heavy (non-hydrogen) atoms. The molecule has 0 spiro atoms. The van der Waals surface area contributed by atoms with Crippen LogP contribution in [0.2, 0.25) is 6.32 Å². The van der Waals surface area contributed by atoms with E-state index in [1.54, 1.807) is 6.92 Å². The molecule has 1 heterocycles. The van der Waals surface area contributed by atoms with Gasteiger partial charge in [-0.2, -0.15) is 0 Å². The maximum Gasteiger partial charge on any atom is 0.451 e. The number of amides is 1. The molecule has 0 aromatic carbocycles. The van der Waals surface area contributed by atoms with Gasteiger partial charge in [0, 0.05) is 6.54 Å². The number of rotatable bonds is 5. The predicted molar refractivity (Wildman–Crippen MR) is 77.1 cm³/mol. The first-order valence-corrected chi connectivity index (χ1v) is 7.04. The lowest BCUT2D eigenvalue weighted by Gasteiger charge is -2.47. The highest BCUT2D eigenvalue weighted by molar-refractivity contribution is 6.40. The Hall–Kier alpha value is -1.16. The first-order valence-electron chi connectivity index (χ1n) is 7.04. The van der Waals surface area contributed by atoms with Crippen LogP contribution in [-0.4, -0.2) is 63.2 Å². The van der Waals surface area contributed by atoms with Crippen molar-refractivity contribution >= 4 is 19.0 Å². The monoisotopic (exact) mass is 301 g/mol. The second kappa shape index (κ2) is 6.74. The average molecular weight is 301 g/mol. The van der Waals surface area contributed by atoms with Crippen LogP contribution in [0.3, 0.4) is 0 Å². The van der Waals surface area contributed by atoms with E-state index in [1.165, 1.54) is 11.8 Å². The average Bonchev–Trinajstić information content (AvgIpc) is 2.38. The number of nitrogens with zero attached hydrogens (tertiary/aromatic N) is 1. The molecule has 0 radical (unpaired) electrons. The van der Waals surface area contributed by atoms with Crippen LogP contribution in [-0.2, 0) is 9.59 Å². The SMILES string of the molecule is CC(N)C(=O)N1C[C@@H](CCB(O)O)C[C@](N)(C(=O)O)[C@@H]1C. The van der Waals surface area contributed by atoms with E-state index in [0.717, 1.165) is 0 Å². The minimum atomic E-state index is -1.56. The minimum absolute atomic E-state index is 0.106. The Morgan fingerprint density at radius 3 is 2.48 bits per heavy atom. The number of carbonyl (C=O) groups is 2. The maximum absolute atomic E-state index is 12.2. The van der Waals surface area contributed by atoms with Gasteiger partial charge in [0.1, 0.15) is 5.54 Å². The number of hydrogen-bond donors (Lipinski definition) is 5. The molecule has 8 nitrogen and oxygen atoms in total. The number of piperidine rings is 1. The van der Waals surface area contributed by atoms with Crippen molar-refractivity contribution in [1.29, 1.82) is 0 Å². The van der Waals surface area contributed by atoms with Crippen LogP contribution in [0.25, 0.3) is 0 Å². The summed E-state index contributed by atoms with van der Waals surface area (Å²) in [6, 6.07) is -1.42. The molecule has 0 saturated carbocycles. The van der Waals surface area contributed by atoms with E-state index in [4.69, 9.17) is 21.5 Å². The van der Waals surface area contributed by atoms with Crippen LogP contribution < -0.4 is 11.5 Å². The summed E-state index contributed by atoms with van der Waals surface area (Å²) >= 11 is 0. The van der Waals surface area contributed by atoms with Gasteiger partial charge in [0.15, 0.2) is 0 Å². The van der Waals surface area contributed by atoms with Crippen LogP contribution in [0.15, 0.2) is 0 Å². The molecule has 1 saturated heterocycles. The summed E-state index contributed by atoms with van der Waals surface area (Å²) in [5.74, 6) is -1.74. The molecule has 1 unspecified atom stereocenters. The van der Waals surface area contributed by atoms with E-state index in [1.807, 2.05) is 0 Å². The van der Waals surface area contributed by atoms with E-state index in [0.29, 0.717) is 13.0 Å². The molecule has 0 aromatic rings. The molecule has 120 valence electrons. The summed E-state index contributed by atoms with van der Waals surface area (Å²) in [6.07, 6.45) is 0.660. The van der Waals surface area contributed by atoms with Crippen molar-refractivity contribution in [2.24, 2.45) is 17.4 Å². The van der Waals surface area contributed by atoms with Gasteiger partial charge in [-0.1, -0.05) is 6.42 Å². The van der Waals surface area contributed by atoms with E-state index in [9.17, 15) is 14.7 Å². The van der Waals surface area contributed by atoms with E-state index < -0.39 is 30.7 Å². The second-order valence-corrected chi connectivity index (χ2v) is 5.93. The third-order valence-electron chi connectivity index (χ3n) is 4.20. The Kier molecular flexibility index (Phi) is 5.74. The Labute approximate surface area is 124 Å². The fourth-order valence-corrected chi connectivity index (χ4v) is 2.81. The predicted octanol–water partition coefficient (Wildman–Crippen LogP) is -1.78. The van der Waals surface area contributed by atoms with Gasteiger partial charge in [-0.15, -0.1) is 0 Å². The number of aliphatic carboxylic acids is 1. The largest absolute Gasteiger partial charge is 0.480 e. The smallest absolute Gasteiger partial charge is 0.451 e. The third-order valence-corrected chi connectivity index (χ3v) is 4.20. The molecule has 1 amide bonds. The van der Waals surface area contributed by atoms with Crippen molar-refractivity contribution in [2.75, 3.05) is 6.54 Å². The molecular weight excluding hydrogens is 277 g/mol. The quantitative estimate of drug-likeness (QED) is 0.376. The summed E-state index contributed by atoms with van der Waals surface area (Å²) in [7, 11) is -1.46. The standard InChI is InChI=1S/C12H24BN3O5/c1-7(14)10(17)16-6-9(3-4-13(20)21)5-12(15,8(16)2)11(18)19/h7-9,20-21H,3-6,14-15H2,1-2H3,(H,18,19)/t7?,8-,9-,12+/m0/s1. The Bertz CT molecular complexity index is 406. The highest BCUT2D eigenvalue weighted by atomic mass is 16.4. The van der Waals surface area contributed by atoms with E-state index in [2.05, 4.69) is 0 Å².